The first-order valence-electron chi connectivity index (χ1n) is 6.53. The number of hydrogen-bond donors (Lipinski definition) is 1. The first-order valence-corrected chi connectivity index (χ1v) is 6.53. The van der Waals surface area contributed by atoms with Crippen LogP contribution in [0.3, 0.4) is 0 Å². The van der Waals surface area contributed by atoms with E-state index in [2.05, 4.69) is 0 Å². The molecule has 1 aromatic rings. The normalized spacial score (nSPS) is 10.9. The third-order valence-electron chi connectivity index (χ3n) is 3.06. The number of hydrogen-bond acceptors (Lipinski definition) is 3. The van der Waals surface area contributed by atoms with Gasteiger partial charge in [0.05, 0.1) is 19.3 Å². The largest absolute Gasteiger partial charge is 0.496 e. The number of nitrogens with zero attached hydrogens (tertiary/aromatic N) is 1. The lowest BCUT2D eigenvalue weighted by molar-refractivity contribution is 0.0637. The van der Waals surface area contributed by atoms with E-state index in [0.717, 1.165) is 0 Å². The maximum Gasteiger partial charge on any atom is 0.258 e. The minimum atomic E-state index is -0.178. The first-order chi connectivity index (χ1) is 8.93. The molecule has 1 N–H and O–H groups in total. The molecule has 0 spiro atoms. The predicted molar refractivity (Wildman–Crippen MR) is 75.4 cm³/mol. The van der Waals surface area contributed by atoms with Gasteiger partial charge in [-0.2, -0.15) is 0 Å². The van der Waals surface area contributed by atoms with Gasteiger partial charge in [0.15, 0.2) is 0 Å². The van der Waals surface area contributed by atoms with E-state index in [1.165, 1.54) is 7.11 Å². The maximum absolute atomic E-state index is 12.7. The highest BCUT2D eigenvalue weighted by Gasteiger charge is 2.26. The van der Waals surface area contributed by atoms with Gasteiger partial charge in [-0.25, -0.2) is 0 Å². The average Bonchev–Trinajstić information content (AvgIpc) is 2.36. The molecule has 106 valence electrons. The van der Waals surface area contributed by atoms with Crippen LogP contribution in [0.2, 0.25) is 0 Å². The molecule has 0 atom stereocenters. The molecule has 0 heterocycles. The number of aliphatic hydroxyl groups is 1. The molecule has 0 aliphatic heterocycles. The zero-order valence-corrected chi connectivity index (χ0v) is 12.3. The smallest absolute Gasteiger partial charge is 0.258 e. The Hall–Kier alpha value is -1.55. The summed E-state index contributed by atoms with van der Waals surface area (Å²) in [4.78, 5) is 14.5. The molecule has 0 saturated carbocycles. The fourth-order valence-electron chi connectivity index (χ4n) is 2.32. The molecule has 1 amide bonds. The van der Waals surface area contributed by atoms with Crippen LogP contribution in [0.5, 0.6) is 5.75 Å². The van der Waals surface area contributed by atoms with E-state index < -0.39 is 0 Å². The van der Waals surface area contributed by atoms with Gasteiger partial charge < -0.3 is 14.7 Å². The molecule has 0 bridgehead atoms. The molecular formula is C15H23NO3. The summed E-state index contributed by atoms with van der Waals surface area (Å²) in [5.74, 6) is 0.398. The van der Waals surface area contributed by atoms with Crippen molar-refractivity contribution in [2.24, 2.45) is 0 Å². The van der Waals surface area contributed by atoms with Crippen molar-refractivity contribution in [1.29, 1.82) is 0 Å². The molecule has 0 aromatic heterocycles. The number of amides is 1. The van der Waals surface area contributed by atoms with Crippen molar-refractivity contribution in [3.05, 3.63) is 29.3 Å². The van der Waals surface area contributed by atoms with Crippen molar-refractivity contribution in [3.8, 4) is 5.75 Å². The quantitative estimate of drug-likeness (QED) is 0.889. The van der Waals surface area contributed by atoms with E-state index in [4.69, 9.17) is 4.74 Å². The van der Waals surface area contributed by atoms with Crippen LogP contribution < -0.4 is 4.74 Å². The second kappa shape index (κ2) is 6.57. The lowest BCUT2D eigenvalue weighted by atomic mass is 10.0. The molecule has 4 nitrogen and oxygen atoms in total. The van der Waals surface area contributed by atoms with Crippen LogP contribution in [-0.4, -0.2) is 35.1 Å². The Morgan fingerprint density at radius 1 is 1.26 bits per heavy atom. The predicted octanol–water partition coefficient (Wildman–Crippen LogP) is 2.45. The van der Waals surface area contributed by atoms with Gasteiger partial charge in [0.2, 0.25) is 0 Å². The van der Waals surface area contributed by atoms with Gasteiger partial charge in [-0.3, -0.25) is 4.79 Å². The standard InChI is InChI=1S/C15H23NO3/c1-10(2)16(11(3)4)15(18)14-12(9-17)7-6-8-13(14)19-5/h6-8,10-11,17H,9H2,1-5H3. The zero-order chi connectivity index (χ0) is 14.6. The fourth-order valence-corrected chi connectivity index (χ4v) is 2.32. The van der Waals surface area contributed by atoms with E-state index in [-0.39, 0.29) is 24.6 Å². The Kier molecular flexibility index (Phi) is 5.36. The van der Waals surface area contributed by atoms with Crippen molar-refractivity contribution in [2.45, 2.75) is 46.4 Å². The summed E-state index contributed by atoms with van der Waals surface area (Å²) in [5.41, 5.74) is 1.05. The van der Waals surface area contributed by atoms with Gasteiger partial charge in [-0.1, -0.05) is 12.1 Å². The van der Waals surface area contributed by atoms with E-state index in [9.17, 15) is 9.90 Å². The fraction of sp³-hybridized carbons (Fsp3) is 0.533. The number of carbonyl (C=O) groups excluding carboxylic acids is 1. The van der Waals surface area contributed by atoms with E-state index in [0.29, 0.717) is 16.9 Å². The van der Waals surface area contributed by atoms with E-state index in [1.807, 2.05) is 27.7 Å². The van der Waals surface area contributed by atoms with Crippen LogP contribution in [0.15, 0.2) is 18.2 Å². The summed E-state index contributed by atoms with van der Waals surface area (Å²) < 4.78 is 5.26. The van der Waals surface area contributed by atoms with Crippen LogP contribution in [0.1, 0.15) is 43.6 Å². The van der Waals surface area contributed by atoms with Crippen molar-refractivity contribution in [1.82, 2.24) is 4.90 Å². The minimum absolute atomic E-state index is 0.0870. The van der Waals surface area contributed by atoms with E-state index >= 15 is 0 Å². The summed E-state index contributed by atoms with van der Waals surface area (Å²) in [6.07, 6.45) is 0. The minimum Gasteiger partial charge on any atom is -0.496 e. The summed E-state index contributed by atoms with van der Waals surface area (Å²) in [6.45, 7) is 7.73. The maximum atomic E-state index is 12.7. The third kappa shape index (κ3) is 3.26. The van der Waals surface area contributed by atoms with Gasteiger partial charge in [0, 0.05) is 12.1 Å². The first kappa shape index (κ1) is 15.5. The van der Waals surface area contributed by atoms with Crippen molar-refractivity contribution in [2.75, 3.05) is 7.11 Å². The van der Waals surface area contributed by atoms with Crippen LogP contribution in [0, 0.1) is 0 Å². The lowest BCUT2D eigenvalue weighted by Gasteiger charge is -2.31. The van der Waals surface area contributed by atoms with E-state index in [1.54, 1.807) is 23.1 Å². The van der Waals surface area contributed by atoms with Gasteiger partial charge >= 0.3 is 0 Å². The summed E-state index contributed by atoms with van der Waals surface area (Å²) in [7, 11) is 1.53. The molecule has 0 fully saturated rings. The number of ether oxygens (including phenoxy) is 1. The molecule has 19 heavy (non-hydrogen) atoms. The molecular weight excluding hydrogens is 242 g/mol. The number of aliphatic hydroxyl groups excluding tert-OH is 1. The SMILES string of the molecule is COc1cccc(CO)c1C(=O)N(C(C)C)C(C)C. The molecule has 1 aromatic carbocycles. The third-order valence-corrected chi connectivity index (χ3v) is 3.06. The zero-order valence-electron chi connectivity index (χ0n) is 12.3. The molecule has 0 saturated heterocycles. The number of rotatable bonds is 5. The average molecular weight is 265 g/mol. The Labute approximate surface area is 115 Å². The second-order valence-electron chi connectivity index (χ2n) is 5.05. The van der Waals surface area contributed by atoms with Crippen molar-refractivity contribution < 1.29 is 14.6 Å². The number of carbonyl (C=O) groups is 1. The van der Waals surface area contributed by atoms with Crippen LogP contribution in [-0.2, 0) is 6.61 Å². The highest BCUT2D eigenvalue weighted by atomic mass is 16.5. The Bertz CT molecular complexity index is 411. The lowest BCUT2D eigenvalue weighted by Crippen LogP contribution is -2.42. The Balaban J connectivity index is 3.31. The molecule has 0 unspecified atom stereocenters. The van der Waals surface area contributed by atoms with Crippen LogP contribution in [0.25, 0.3) is 0 Å². The van der Waals surface area contributed by atoms with Crippen LogP contribution in [0.4, 0.5) is 0 Å². The van der Waals surface area contributed by atoms with Crippen molar-refractivity contribution >= 4 is 5.91 Å². The molecule has 4 heteroatoms. The molecule has 0 aliphatic rings. The monoisotopic (exact) mass is 265 g/mol. The summed E-state index contributed by atoms with van der Waals surface area (Å²) in [6, 6.07) is 5.43. The van der Waals surface area contributed by atoms with Crippen LogP contribution >= 0.6 is 0 Å². The number of benzene rings is 1. The Morgan fingerprint density at radius 3 is 2.26 bits per heavy atom. The van der Waals surface area contributed by atoms with Gasteiger partial charge in [0.25, 0.3) is 5.91 Å². The Morgan fingerprint density at radius 2 is 1.84 bits per heavy atom. The molecule has 1 rings (SSSR count). The highest BCUT2D eigenvalue weighted by Crippen LogP contribution is 2.25. The summed E-state index contributed by atoms with van der Waals surface area (Å²) >= 11 is 0. The topological polar surface area (TPSA) is 49.8 Å². The highest BCUT2D eigenvalue weighted by molar-refractivity contribution is 5.98. The second-order valence-corrected chi connectivity index (χ2v) is 5.05. The number of methoxy groups -OCH3 is 1. The van der Waals surface area contributed by atoms with Gasteiger partial charge in [0.1, 0.15) is 5.75 Å². The van der Waals surface area contributed by atoms with Gasteiger partial charge in [-0.05, 0) is 39.3 Å². The molecule has 0 aliphatic carbocycles. The van der Waals surface area contributed by atoms with Crippen molar-refractivity contribution in [3.63, 3.8) is 0 Å². The van der Waals surface area contributed by atoms with Gasteiger partial charge in [-0.15, -0.1) is 0 Å². The molecule has 0 radical (unpaired) electrons. The summed E-state index contributed by atoms with van der Waals surface area (Å²) in [5, 5.41) is 9.42.